The van der Waals surface area contributed by atoms with Crippen LogP contribution in [-0.4, -0.2) is 36.2 Å². The zero-order valence-electron chi connectivity index (χ0n) is 15.7. The Morgan fingerprint density at radius 1 is 1.18 bits per heavy atom. The SMILES string of the molecule is COc1ccccc1/C=C/C(=O)OCC(=O)c1cc(C)n(CC(F)(F)F)c1C. The van der Waals surface area contributed by atoms with E-state index in [4.69, 9.17) is 9.47 Å². The zero-order valence-corrected chi connectivity index (χ0v) is 15.7. The molecule has 0 aliphatic rings. The fourth-order valence-electron chi connectivity index (χ4n) is 2.73. The Hall–Kier alpha value is -3.03. The van der Waals surface area contributed by atoms with Crippen molar-refractivity contribution in [2.24, 2.45) is 0 Å². The molecule has 0 unspecified atom stereocenters. The maximum absolute atomic E-state index is 12.7. The predicted octanol–water partition coefficient (Wildman–Crippen LogP) is 4.12. The van der Waals surface area contributed by atoms with Gasteiger partial charge in [0.05, 0.1) is 7.11 Å². The number of rotatable bonds is 7. The van der Waals surface area contributed by atoms with Gasteiger partial charge in [-0.1, -0.05) is 18.2 Å². The van der Waals surface area contributed by atoms with Gasteiger partial charge in [0.1, 0.15) is 12.3 Å². The molecule has 1 aromatic heterocycles. The molecule has 0 spiro atoms. The van der Waals surface area contributed by atoms with Gasteiger partial charge in [-0.2, -0.15) is 13.2 Å². The standard InChI is InChI=1S/C20H20F3NO4/c1-13-10-16(14(2)24(13)12-20(21,22)23)17(25)11-28-19(26)9-8-15-6-4-5-7-18(15)27-3/h4-10H,11-12H2,1-3H3/b9-8+. The number of Topliss-reactive ketones (excluding diaryl/α,β-unsaturated/α-hetero) is 1. The average molecular weight is 395 g/mol. The number of alkyl halides is 3. The van der Waals surface area contributed by atoms with Crippen molar-refractivity contribution < 1.29 is 32.2 Å². The molecule has 0 bridgehead atoms. The van der Waals surface area contributed by atoms with Gasteiger partial charge in [0.2, 0.25) is 5.78 Å². The smallest absolute Gasteiger partial charge is 0.406 e. The number of aromatic nitrogens is 1. The van der Waals surface area contributed by atoms with Gasteiger partial charge in [-0.25, -0.2) is 4.79 Å². The van der Waals surface area contributed by atoms with Crippen LogP contribution in [0.4, 0.5) is 13.2 Å². The van der Waals surface area contributed by atoms with E-state index in [0.29, 0.717) is 17.0 Å². The molecule has 0 saturated heterocycles. The summed E-state index contributed by atoms with van der Waals surface area (Å²) in [6, 6.07) is 8.38. The summed E-state index contributed by atoms with van der Waals surface area (Å²) in [6.07, 6.45) is -1.76. The number of para-hydroxylation sites is 1. The molecule has 150 valence electrons. The van der Waals surface area contributed by atoms with Gasteiger partial charge in [0, 0.05) is 28.6 Å². The number of halogens is 3. The van der Waals surface area contributed by atoms with E-state index >= 15 is 0 Å². The topological polar surface area (TPSA) is 57.5 Å². The van der Waals surface area contributed by atoms with Gasteiger partial charge in [-0.05, 0) is 32.1 Å². The van der Waals surface area contributed by atoms with Crippen LogP contribution in [0.5, 0.6) is 5.75 Å². The normalized spacial score (nSPS) is 11.6. The molecule has 0 aliphatic heterocycles. The molecule has 0 fully saturated rings. The second-order valence-corrected chi connectivity index (χ2v) is 6.09. The minimum Gasteiger partial charge on any atom is -0.496 e. The van der Waals surface area contributed by atoms with Gasteiger partial charge in [-0.15, -0.1) is 0 Å². The molecule has 28 heavy (non-hydrogen) atoms. The van der Waals surface area contributed by atoms with Gasteiger partial charge in [0.25, 0.3) is 0 Å². The minimum absolute atomic E-state index is 0.100. The summed E-state index contributed by atoms with van der Waals surface area (Å²) in [4.78, 5) is 24.1. The van der Waals surface area contributed by atoms with E-state index in [1.54, 1.807) is 24.3 Å². The van der Waals surface area contributed by atoms with Crippen LogP contribution in [0.15, 0.2) is 36.4 Å². The van der Waals surface area contributed by atoms with Crippen LogP contribution < -0.4 is 4.74 Å². The van der Waals surface area contributed by atoms with Crippen molar-refractivity contribution in [2.45, 2.75) is 26.6 Å². The molecule has 0 saturated carbocycles. The Kier molecular flexibility index (Phi) is 6.66. The maximum atomic E-state index is 12.7. The summed E-state index contributed by atoms with van der Waals surface area (Å²) in [5, 5.41) is 0. The second kappa shape index (κ2) is 8.77. The molecule has 0 aliphatic carbocycles. The van der Waals surface area contributed by atoms with Crippen LogP contribution in [0.25, 0.3) is 6.08 Å². The Morgan fingerprint density at radius 3 is 2.50 bits per heavy atom. The molecular weight excluding hydrogens is 375 g/mol. The van der Waals surface area contributed by atoms with E-state index in [1.807, 2.05) is 0 Å². The van der Waals surface area contributed by atoms with Crippen molar-refractivity contribution in [3.8, 4) is 5.75 Å². The molecule has 0 radical (unpaired) electrons. The second-order valence-electron chi connectivity index (χ2n) is 6.09. The summed E-state index contributed by atoms with van der Waals surface area (Å²) in [7, 11) is 1.50. The molecule has 1 heterocycles. The van der Waals surface area contributed by atoms with Crippen molar-refractivity contribution in [2.75, 3.05) is 13.7 Å². The van der Waals surface area contributed by atoms with E-state index < -0.39 is 31.1 Å². The van der Waals surface area contributed by atoms with Gasteiger partial charge < -0.3 is 14.0 Å². The van der Waals surface area contributed by atoms with E-state index in [2.05, 4.69) is 0 Å². The Bertz CT molecular complexity index is 897. The highest BCUT2D eigenvalue weighted by Gasteiger charge is 2.30. The highest BCUT2D eigenvalue weighted by Crippen LogP contribution is 2.23. The third kappa shape index (κ3) is 5.48. The van der Waals surface area contributed by atoms with Crippen LogP contribution in [0.1, 0.15) is 27.3 Å². The van der Waals surface area contributed by atoms with Crippen LogP contribution in [0, 0.1) is 13.8 Å². The first-order valence-corrected chi connectivity index (χ1v) is 8.37. The van der Waals surface area contributed by atoms with Crippen molar-refractivity contribution in [3.63, 3.8) is 0 Å². The number of hydrogen-bond donors (Lipinski definition) is 0. The number of hydrogen-bond acceptors (Lipinski definition) is 4. The van der Waals surface area contributed by atoms with E-state index in [1.165, 1.54) is 33.1 Å². The number of carbonyl (C=O) groups is 2. The predicted molar refractivity (Wildman–Crippen MR) is 97.3 cm³/mol. The molecule has 1 aromatic carbocycles. The Morgan fingerprint density at radius 2 is 1.86 bits per heavy atom. The first-order chi connectivity index (χ1) is 13.1. The highest BCUT2D eigenvalue weighted by molar-refractivity contribution is 6.00. The maximum Gasteiger partial charge on any atom is 0.406 e. The quantitative estimate of drug-likeness (QED) is 0.402. The number of methoxy groups -OCH3 is 1. The van der Waals surface area contributed by atoms with Gasteiger partial charge >= 0.3 is 12.1 Å². The Labute approximate surface area is 160 Å². The zero-order chi connectivity index (χ0) is 20.9. The number of carbonyl (C=O) groups excluding carboxylic acids is 2. The highest BCUT2D eigenvalue weighted by atomic mass is 19.4. The average Bonchev–Trinajstić information content (AvgIpc) is 2.91. The number of benzene rings is 1. The third-order valence-electron chi connectivity index (χ3n) is 4.09. The van der Waals surface area contributed by atoms with Crippen LogP contribution in [-0.2, 0) is 16.1 Å². The number of esters is 1. The third-order valence-corrected chi connectivity index (χ3v) is 4.09. The van der Waals surface area contributed by atoms with Crippen LogP contribution in [0.2, 0.25) is 0 Å². The molecule has 2 rings (SSSR count). The summed E-state index contributed by atoms with van der Waals surface area (Å²) in [6.45, 7) is 1.16. The summed E-state index contributed by atoms with van der Waals surface area (Å²) < 4.78 is 49.0. The Balaban J connectivity index is 2.01. The lowest BCUT2D eigenvalue weighted by atomic mass is 10.1. The fraction of sp³-hybridized carbons (Fsp3) is 0.300. The molecule has 8 heteroatoms. The molecule has 0 atom stereocenters. The molecular formula is C20H20F3NO4. The van der Waals surface area contributed by atoms with E-state index in [9.17, 15) is 22.8 Å². The number of ether oxygens (including phenoxy) is 2. The summed E-state index contributed by atoms with van der Waals surface area (Å²) >= 11 is 0. The van der Waals surface area contributed by atoms with E-state index in [0.717, 1.165) is 10.6 Å². The summed E-state index contributed by atoms with van der Waals surface area (Å²) in [5.74, 6) is -0.747. The lowest BCUT2D eigenvalue weighted by Gasteiger charge is -2.12. The monoisotopic (exact) mass is 395 g/mol. The first-order valence-electron chi connectivity index (χ1n) is 8.37. The minimum atomic E-state index is -4.40. The molecule has 0 amide bonds. The van der Waals surface area contributed by atoms with Gasteiger partial charge in [0.15, 0.2) is 6.61 Å². The number of aryl methyl sites for hydroxylation is 1. The lowest BCUT2D eigenvalue weighted by molar-refractivity contribution is -0.141. The number of nitrogens with zero attached hydrogens (tertiary/aromatic N) is 1. The molecule has 0 N–H and O–H groups in total. The van der Waals surface area contributed by atoms with Crippen molar-refractivity contribution >= 4 is 17.8 Å². The fourth-order valence-corrected chi connectivity index (χ4v) is 2.73. The molecule has 2 aromatic rings. The first kappa shape index (κ1) is 21.3. The van der Waals surface area contributed by atoms with Crippen molar-refractivity contribution in [1.29, 1.82) is 0 Å². The van der Waals surface area contributed by atoms with Crippen molar-refractivity contribution in [1.82, 2.24) is 4.57 Å². The largest absolute Gasteiger partial charge is 0.496 e. The lowest BCUT2D eigenvalue weighted by Crippen LogP contribution is -2.20. The summed E-state index contributed by atoms with van der Waals surface area (Å²) in [5.41, 5.74) is 1.24. The van der Waals surface area contributed by atoms with Crippen molar-refractivity contribution in [3.05, 3.63) is 58.9 Å². The van der Waals surface area contributed by atoms with Crippen LogP contribution in [0.3, 0.4) is 0 Å². The molecule has 5 nitrogen and oxygen atoms in total. The number of ketones is 1. The van der Waals surface area contributed by atoms with Gasteiger partial charge in [-0.3, -0.25) is 4.79 Å². The van der Waals surface area contributed by atoms with Crippen LogP contribution >= 0.6 is 0 Å². The van der Waals surface area contributed by atoms with E-state index in [-0.39, 0.29) is 11.3 Å².